The summed E-state index contributed by atoms with van der Waals surface area (Å²) in [5.41, 5.74) is 1.08. The van der Waals surface area contributed by atoms with Gasteiger partial charge in [-0.05, 0) is 26.3 Å². The first-order valence-electron chi connectivity index (χ1n) is 6.88. The van der Waals surface area contributed by atoms with Crippen LogP contribution in [0.1, 0.15) is 39.3 Å². The van der Waals surface area contributed by atoms with Crippen molar-refractivity contribution in [2.45, 2.75) is 39.8 Å². The molecule has 20 heavy (non-hydrogen) atoms. The van der Waals surface area contributed by atoms with Gasteiger partial charge in [0.15, 0.2) is 0 Å². The largest absolute Gasteiger partial charge is 0.481 e. The van der Waals surface area contributed by atoms with Crippen molar-refractivity contribution in [1.82, 2.24) is 4.90 Å². The Morgan fingerprint density at radius 2 is 1.70 bits per heavy atom. The summed E-state index contributed by atoms with van der Waals surface area (Å²) in [5.74, 6) is -1.31. The molecule has 0 radical (unpaired) electrons. The van der Waals surface area contributed by atoms with E-state index >= 15 is 0 Å². The zero-order chi connectivity index (χ0) is 15.3. The van der Waals surface area contributed by atoms with Crippen LogP contribution in [0.4, 0.5) is 0 Å². The molecule has 0 spiro atoms. The van der Waals surface area contributed by atoms with Crippen LogP contribution in [0.15, 0.2) is 30.3 Å². The van der Waals surface area contributed by atoms with Crippen LogP contribution in [0.2, 0.25) is 0 Å². The second-order valence-electron chi connectivity index (χ2n) is 5.31. The van der Waals surface area contributed by atoms with Gasteiger partial charge in [0.2, 0.25) is 0 Å². The summed E-state index contributed by atoms with van der Waals surface area (Å²) < 4.78 is 0. The van der Waals surface area contributed by atoms with Crippen LogP contribution in [0, 0.1) is 5.92 Å². The van der Waals surface area contributed by atoms with Crippen molar-refractivity contribution in [3.63, 3.8) is 0 Å². The quantitative estimate of drug-likeness (QED) is 0.832. The second-order valence-corrected chi connectivity index (χ2v) is 5.31. The minimum atomic E-state index is -0.842. The van der Waals surface area contributed by atoms with Crippen LogP contribution in [0.3, 0.4) is 0 Å². The van der Waals surface area contributed by atoms with E-state index in [4.69, 9.17) is 5.11 Å². The fourth-order valence-electron chi connectivity index (χ4n) is 2.20. The zero-order valence-electron chi connectivity index (χ0n) is 12.5. The van der Waals surface area contributed by atoms with Crippen molar-refractivity contribution in [3.05, 3.63) is 35.9 Å². The molecular weight excluding hydrogens is 254 g/mol. The predicted molar refractivity (Wildman–Crippen MR) is 78.5 cm³/mol. The summed E-state index contributed by atoms with van der Waals surface area (Å²) in [6.45, 7) is 7.40. The summed E-state index contributed by atoms with van der Waals surface area (Å²) in [7, 11) is 0. The number of Topliss-reactive ketones (excluding diaryl/α,β-unsaturated/α-hetero) is 1. The van der Waals surface area contributed by atoms with Crippen molar-refractivity contribution < 1.29 is 14.7 Å². The van der Waals surface area contributed by atoms with Gasteiger partial charge in [-0.1, -0.05) is 37.3 Å². The summed E-state index contributed by atoms with van der Waals surface area (Å²) >= 11 is 0. The molecule has 3 atom stereocenters. The Hall–Kier alpha value is -1.68. The average molecular weight is 277 g/mol. The third-order valence-electron chi connectivity index (χ3n) is 3.77. The topological polar surface area (TPSA) is 57.6 Å². The number of carbonyl (C=O) groups excluding carboxylic acids is 1. The van der Waals surface area contributed by atoms with Gasteiger partial charge in [-0.15, -0.1) is 0 Å². The number of benzene rings is 1. The van der Waals surface area contributed by atoms with Crippen LogP contribution in [-0.2, 0) is 9.59 Å². The maximum Gasteiger partial charge on any atom is 0.307 e. The Labute approximate surface area is 120 Å². The molecule has 0 saturated carbocycles. The fraction of sp³-hybridized carbons (Fsp3) is 0.500. The summed E-state index contributed by atoms with van der Waals surface area (Å²) in [6.07, 6.45) is 0. The molecule has 0 aliphatic rings. The first-order valence-corrected chi connectivity index (χ1v) is 6.88. The predicted octanol–water partition coefficient (Wildman–Crippen LogP) is 2.75. The Balaban J connectivity index is 2.98. The summed E-state index contributed by atoms with van der Waals surface area (Å²) in [6, 6.07) is 9.52. The van der Waals surface area contributed by atoms with Gasteiger partial charge in [0.05, 0.1) is 12.0 Å². The van der Waals surface area contributed by atoms with Gasteiger partial charge < -0.3 is 5.11 Å². The normalized spacial score (nSPS) is 15.7. The molecule has 4 nitrogen and oxygen atoms in total. The van der Waals surface area contributed by atoms with E-state index in [0.717, 1.165) is 5.56 Å². The van der Waals surface area contributed by atoms with Crippen LogP contribution < -0.4 is 0 Å². The number of nitrogens with zero attached hydrogens (tertiary/aromatic N) is 1. The average Bonchev–Trinajstić information content (AvgIpc) is 2.43. The van der Waals surface area contributed by atoms with E-state index < -0.39 is 11.9 Å². The molecule has 0 amide bonds. The van der Waals surface area contributed by atoms with Crippen molar-refractivity contribution in [3.8, 4) is 0 Å². The third-order valence-corrected chi connectivity index (χ3v) is 3.77. The van der Waals surface area contributed by atoms with Gasteiger partial charge in [0.1, 0.15) is 5.78 Å². The molecule has 1 aromatic carbocycles. The summed E-state index contributed by atoms with van der Waals surface area (Å²) in [4.78, 5) is 24.7. The lowest BCUT2D eigenvalue weighted by Crippen LogP contribution is -2.43. The number of carbonyl (C=O) groups is 2. The minimum Gasteiger partial charge on any atom is -0.481 e. The number of hydrogen-bond donors (Lipinski definition) is 1. The van der Waals surface area contributed by atoms with Gasteiger partial charge in [-0.2, -0.15) is 0 Å². The van der Waals surface area contributed by atoms with E-state index in [1.54, 1.807) is 13.8 Å². The maximum atomic E-state index is 11.7. The highest BCUT2D eigenvalue weighted by molar-refractivity contribution is 5.81. The molecule has 0 aliphatic heterocycles. The highest BCUT2D eigenvalue weighted by atomic mass is 16.4. The molecule has 4 heteroatoms. The van der Waals surface area contributed by atoms with E-state index in [-0.39, 0.29) is 17.9 Å². The number of carboxylic acids is 1. The van der Waals surface area contributed by atoms with E-state index in [0.29, 0.717) is 6.54 Å². The Bertz CT molecular complexity index is 458. The van der Waals surface area contributed by atoms with E-state index in [9.17, 15) is 9.59 Å². The molecule has 1 N–H and O–H groups in total. The van der Waals surface area contributed by atoms with E-state index in [1.807, 2.05) is 49.1 Å². The zero-order valence-corrected chi connectivity index (χ0v) is 12.5. The Morgan fingerprint density at radius 1 is 1.15 bits per heavy atom. The number of rotatable bonds is 7. The van der Waals surface area contributed by atoms with Crippen LogP contribution in [0.5, 0.6) is 0 Å². The third kappa shape index (κ3) is 4.17. The SMILES string of the molecule is CC(=O)C(C)N(CC(C)C(=O)O)C(C)c1ccccc1. The van der Waals surface area contributed by atoms with Gasteiger partial charge >= 0.3 is 5.97 Å². The Morgan fingerprint density at radius 3 is 2.15 bits per heavy atom. The number of hydrogen-bond acceptors (Lipinski definition) is 3. The van der Waals surface area contributed by atoms with Gasteiger partial charge in [0.25, 0.3) is 0 Å². The maximum absolute atomic E-state index is 11.7. The van der Waals surface area contributed by atoms with Crippen LogP contribution in [0.25, 0.3) is 0 Å². The first-order chi connectivity index (χ1) is 9.34. The molecule has 110 valence electrons. The molecular formula is C16H23NO3. The van der Waals surface area contributed by atoms with Crippen molar-refractivity contribution >= 4 is 11.8 Å². The number of carboxylic acid groups (broad SMARTS) is 1. The lowest BCUT2D eigenvalue weighted by Gasteiger charge is -2.34. The van der Waals surface area contributed by atoms with Crippen molar-refractivity contribution in [1.29, 1.82) is 0 Å². The molecule has 0 bridgehead atoms. The fourth-order valence-corrected chi connectivity index (χ4v) is 2.20. The number of aliphatic carboxylic acids is 1. The lowest BCUT2D eigenvalue weighted by molar-refractivity contribution is -0.142. The lowest BCUT2D eigenvalue weighted by atomic mass is 10.0. The first kappa shape index (κ1) is 16.4. The minimum absolute atomic E-state index is 0.00287. The van der Waals surface area contributed by atoms with Crippen molar-refractivity contribution in [2.24, 2.45) is 5.92 Å². The molecule has 0 aromatic heterocycles. The molecule has 3 unspecified atom stereocenters. The van der Waals surface area contributed by atoms with Gasteiger partial charge in [-0.3, -0.25) is 14.5 Å². The monoisotopic (exact) mass is 277 g/mol. The number of ketones is 1. The molecule has 0 aliphatic carbocycles. The van der Waals surface area contributed by atoms with Crippen LogP contribution >= 0.6 is 0 Å². The smallest absolute Gasteiger partial charge is 0.307 e. The van der Waals surface area contributed by atoms with Gasteiger partial charge in [0, 0.05) is 12.6 Å². The standard InChI is InChI=1S/C16H23NO3/c1-11(16(19)20)10-17(12(2)14(4)18)13(3)15-8-6-5-7-9-15/h5-9,11-13H,10H2,1-4H3,(H,19,20). The molecule has 0 saturated heterocycles. The summed E-state index contributed by atoms with van der Waals surface area (Å²) in [5, 5.41) is 9.09. The molecule has 0 heterocycles. The molecule has 1 rings (SSSR count). The Kier molecular flexibility index (Phi) is 5.89. The highest BCUT2D eigenvalue weighted by Gasteiger charge is 2.27. The second kappa shape index (κ2) is 7.20. The van der Waals surface area contributed by atoms with E-state index in [1.165, 1.54) is 0 Å². The van der Waals surface area contributed by atoms with E-state index in [2.05, 4.69) is 0 Å². The van der Waals surface area contributed by atoms with Crippen LogP contribution in [-0.4, -0.2) is 34.3 Å². The molecule has 0 fully saturated rings. The molecule has 1 aromatic rings. The highest BCUT2D eigenvalue weighted by Crippen LogP contribution is 2.24. The van der Waals surface area contributed by atoms with Crippen molar-refractivity contribution in [2.75, 3.05) is 6.54 Å². The van der Waals surface area contributed by atoms with Gasteiger partial charge in [-0.25, -0.2) is 0 Å².